The zero-order valence-electron chi connectivity index (χ0n) is 14.9. The molecule has 0 amide bonds. The van der Waals surface area contributed by atoms with Gasteiger partial charge in [-0.2, -0.15) is 0 Å². The van der Waals surface area contributed by atoms with E-state index in [1.54, 1.807) is 19.1 Å². The van der Waals surface area contributed by atoms with Gasteiger partial charge in [-0.05, 0) is 30.7 Å². The number of fused-ring (bicyclic) bond motifs is 3. The Morgan fingerprint density at radius 1 is 1.04 bits per heavy atom. The van der Waals surface area contributed by atoms with Gasteiger partial charge in [0.25, 0.3) is 0 Å². The number of hydrogen-bond acceptors (Lipinski definition) is 4. The third kappa shape index (κ3) is 3.08. The molecule has 0 saturated heterocycles. The molecule has 5 heteroatoms. The summed E-state index contributed by atoms with van der Waals surface area (Å²) in [7, 11) is 0. The summed E-state index contributed by atoms with van der Waals surface area (Å²) in [5, 5.41) is 11.1. The fraction of sp³-hybridized carbons (Fsp3) is 0.136. The van der Waals surface area contributed by atoms with Crippen LogP contribution in [0.2, 0.25) is 0 Å². The van der Waals surface area contributed by atoms with E-state index in [1.165, 1.54) is 0 Å². The van der Waals surface area contributed by atoms with Gasteiger partial charge in [-0.15, -0.1) is 0 Å². The van der Waals surface area contributed by atoms with E-state index in [0.717, 1.165) is 16.6 Å². The molecule has 2 aromatic carbocycles. The van der Waals surface area contributed by atoms with E-state index < -0.39 is 5.97 Å². The monoisotopic (exact) mass is 361 g/mol. The largest absolute Gasteiger partial charge is 0.504 e. The van der Waals surface area contributed by atoms with Gasteiger partial charge < -0.3 is 19.0 Å². The van der Waals surface area contributed by atoms with E-state index >= 15 is 0 Å². The maximum absolute atomic E-state index is 12.5. The van der Waals surface area contributed by atoms with E-state index in [1.807, 2.05) is 59.1 Å². The Balaban J connectivity index is 1.82. The zero-order chi connectivity index (χ0) is 18.8. The molecule has 136 valence electrons. The Bertz CT molecular complexity index is 1120. The lowest BCUT2D eigenvalue weighted by Gasteiger charge is -2.09. The van der Waals surface area contributed by atoms with Crippen LogP contribution in [0.5, 0.6) is 11.5 Å². The molecule has 4 rings (SSSR count). The summed E-state index contributed by atoms with van der Waals surface area (Å²) >= 11 is 0. The molecule has 0 saturated carbocycles. The number of pyridine rings is 1. The standard InChI is InChI=1S/C22H19NO4/c1-2-26-22(25)21-16-12-19(24)20(27-14-15-8-4-3-5-9-15)13-18(16)23-11-7-6-10-17(21)23/h3-13,24H,2,14H2,1H3. The molecular weight excluding hydrogens is 342 g/mol. The summed E-state index contributed by atoms with van der Waals surface area (Å²) in [4.78, 5) is 12.5. The molecular formula is C22H19NO4. The summed E-state index contributed by atoms with van der Waals surface area (Å²) in [5.41, 5.74) is 2.95. The van der Waals surface area contributed by atoms with E-state index in [4.69, 9.17) is 9.47 Å². The van der Waals surface area contributed by atoms with Crippen molar-refractivity contribution < 1.29 is 19.4 Å². The van der Waals surface area contributed by atoms with Crippen molar-refractivity contribution >= 4 is 22.4 Å². The van der Waals surface area contributed by atoms with E-state index in [9.17, 15) is 9.90 Å². The lowest BCUT2D eigenvalue weighted by molar-refractivity contribution is 0.0531. The summed E-state index contributed by atoms with van der Waals surface area (Å²) in [6, 6.07) is 18.7. The van der Waals surface area contributed by atoms with Crippen molar-refractivity contribution in [2.45, 2.75) is 13.5 Å². The molecule has 0 spiro atoms. The smallest absolute Gasteiger partial charge is 0.340 e. The second kappa shape index (κ2) is 7.03. The van der Waals surface area contributed by atoms with Crippen molar-refractivity contribution in [3.05, 3.63) is 78.0 Å². The van der Waals surface area contributed by atoms with Crippen LogP contribution in [0.3, 0.4) is 0 Å². The van der Waals surface area contributed by atoms with Gasteiger partial charge in [0, 0.05) is 17.6 Å². The van der Waals surface area contributed by atoms with Crippen LogP contribution in [0.15, 0.2) is 66.9 Å². The van der Waals surface area contributed by atoms with Crippen LogP contribution >= 0.6 is 0 Å². The maximum atomic E-state index is 12.5. The van der Waals surface area contributed by atoms with Crippen molar-refractivity contribution in [2.24, 2.45) is 0 Å². The lowest BCUT2D eigenvalue weighted by atomic mass is 10.1. The van der Waals surface area contributed by atoms with Gasteiger partial charge in [-0.1, -0.05) is 36.4 Å². The quantitative estimate of drug-likeness (QED) is 0.530. The Labute approximate surface area is 156 Å². The molecule has 0 bridgehead atoms. The number of benzene rings is 2. The molecule has 0 aliphatic rings. The fourth-order valence-corrected chi connectivity index (χ4v) is 3.22. The van der Waals surface area contributed by atoms with Crippen LogP contribution in [-0.2, 0) is 11.3 Å². The van der Waals surface area contributed by atoms with Crippen molar-refractivity contribution in [1.29, 1.82) is 0 Å². The number of carbonyl (C=O) groups is 1. The van der Waals surface area contributed by atoms with Crippen LogP contribution in [0.4, 0.5) is 0 Å². The Morgan fingerprint density at radius 3 is 2.59 bits per heavy atom. The van der Waals surface area contributed by atoms with Gasteiger partial charge >= 0.3 is 5.97 Å². The second-order valence-electron chi connectivity index (χ2n) is 6.16. The average Bonchev–Trinajstić information content (AvgIpc) is 3.00. The van der Waals surface area contributed by atoms with Crippen molar-refractivity contribution in [1.82, 2.24) is 4.40 Å². The van der Waals surface area contributed by atoms with Crippen LogP contribution in [0.25, 0.3) is 16.4 Å². The minimum absolute atomic E-state index is 0.0140. The minimum atomic E-state index is -0.409. The Morgan fingerprint density at radius 2 is 1.81 bits per heavy atom. The van der Waals surface area contributed by atoms with Crippen molar-refractivity contribution in [2.75, 3.05) is 6.61 Å². The third-order valence-corrected chi connectivity index (χ3v) is 4.44. The van der Waals surface area contributed by atoms with Gasteiger partial charge in [0.1, 0.15) is 6.61 Å². The highest BCUT2D eigenvalue weighted by atomic mass is 16.5. The lowest BCUT2D eigenvalue weighted by Crippen LogP contribution is -2.04. The summed E-state index contributed by atoms with van der Waals surface area (Å²) in [6.45, 7) is 2.40. The highest BCUT2D eigenvalue weighted by Crippen LogP contribution is 2.36. The molecule has 1 N–H and O–H groups in total. The minimum Gasteiger partial charge on any atom is -0.504 e. The molecule has 0 unspecified atom stereocenters. The molecule has 27 heavy (non-hydrogen) atoms. The number of rotatable bonds is 5. The molecule has 0 radical (unpaired) electrons. The fourth-order valence-electron chi connectivity index (χ4n) is 3.22. The first kappa shape index (κ1) is 17.0. The number of phenolic OH excluding ortho intramolecular Hbond substituents is 1. The molecule has 5 nitrogen and oxygen atoms in total. The Kier molecular flexibility index (Phi) is 4.42. The topological polar surface area (TPSA) is 60.2 Å². The summed E-state index contributed by atoms with van der Waals surface area (Å²) in [5.74, 6) is -0.0570. The molecule has 2 aromatic heterocycles. The molecule has 0 fully saturated rings. The third-order valence-electron chi connectivity index (χ3n) is 4.44. The number of nitrogens with zero attached hydrogens (tertiary/aromatic N) is 1. The zero-order valence-corrected chi connectivity index (χ0v) is 14.9. The van der Waals surface area contributed by atoms with E-state index in [2.05, 4.69) is 0 Å². The summed E-state index contributed by atoms with van der Waals surface area (Å²) < 4.78 is 12.9. The van der Waals surface area contributed by atoms with Gasteiger partial charge in [0.15, 0.2) is 11.5 Å². The number of carbonyl (C=O) groups excluding carboxylic acids is 1. The first-order valence-corrected chi connectivity index (χ1v) is 8.78. The average molecular weight is 361 g/mol. The van der Waals surface area contributed by atoms with E-state index in [0.29, 0.717) is 23.3 Å². The second-order valence-corrected chi connectivity index (χ2v) is 6.16. The first-order chi connectivity index (χ1) is 13.2. The highest BCUT2D eigenvalue weighted by molar-refractivity contribution is 6.12. The van der Waals surface area contributed by atoms with E-state index in [-0.39, 0.29) is 12.4 Å². The number of ether oxygens (including phenoxy) is 2. The normalized spacial score (nSPS) is 11.0. The number of aromatic hydroxyl groups is 1. The number of phenols is 1. The predicted molar refractivity (Wildman–Crippen MR) is 103 cm³/mol. The SMILES string of the molecule is CCOC(=O)c1c2cc(O)c(OCc3ccccc3)cc2n2ccccc12. The van der Waals surface area contributed by atoms with Crippen LogP contribution in [-0.4, -0.2) is 22.1 Å². The molecule has 0 atom stereocenters. The van der Waals surface area contributed by atoms with Gasteiger partial charge in [0.2, 0.25) is 0 Å². The predicted octanol–water partition coefficient (Wildman–Crippen LogP) is 4.55. The van der Waals surface area contributed by atoms with Crippen molar-refractivity contribution in [3.8, 4) is 11.5 Å². The van der Waals surface area contributed by atoms with Crippen LogP contribution in [0.1, 0.15) is 22.8 Å². The highest BCUT2D eigenvalue weighted by Gasteiger charge is 2.21. The van der Waals surface area contributed by atoms with Crippen LogP contribution < -0.4 is 4.74 Å². The van der Waals surface area contributed by atoms with Gasteiger partial charge in [-0.3, -0.25) is 0 Å². The first-order valence-electron chi connectivity index (χ1n) is 8.78. The van der Waals surface area contributed by atoms with Gasteiger partial charge in [0.05, 0.1) is 23.2 Å². The molecule has 0 aliphatic heterocycles. The van der Waals surface area contributed by atoms with Crippen LogP contribution in [0, 0.1) is 0 Å². The summed E-state index contributed by atoms with van der Waals surface area (Å²) in [6.07, 6.45) is 1.87. The number of esters is 1. The van der Waals surface area contributed by atoms with Crippen molar-refractivity contribution in [3.63, 3.8) is 0 Å². The number of aromatic nitrogens is 1. The molecule has 2 heterocycles. The maximum Gasteiger partial charge on any atom is 0.340 e. The number of hydrogen-bond donors (Lipinski definition) is 1. The molecule has 4 aromatic rings. The molecule has 0 aliphatic carbocycles. The Hall–Kier alpha value is -3.47. The van der Waals surface area contributed by atoms with Gasteiger partial charge in [-0.25, -0.2) is 4.79 Å².